The second-order valence-electron chi connectivity index (χ2n) is 2.91. The molecule has 0 bridgehead atoms. The molecule has 1 heterocycles. The van der Waals surface area contributed by atoms with Gasteiger partial charge >= 0.3 is 0 Å². The Kier molecular flexibility index (Phi) is 2.17. The van der Waals surface area contributed by atoms with Gasteiger partial charge in [-0.05, 0) is 28.1 Å². The Morgan fingerprint density at radius 1 is 1.62 bits per heavy atom. The molecule has 0 amide bonds. The quantitative estimate of drug-likeness (QED) is 0.819. The molecule has 0 saturated carbocycles. The molecule has 4 heteroatoms. The summed E-state index contributed by atoms with van der Waals surface area (Å²) in [6, 6.07) is 3.72. The lowest BCUT2D eigenvalue weighted by Gasteiger charge is -2.09. The van der Waals surface area contributed by atoms with Crippen LogP contribution in [0.2, 0.25) is 0 Å². The summed E-state index contributed by atoms with van der Waals surface area (Å²) < 4.78 is 11.5. The van der Waals surface area contributed by atoms with Crippen LogP contribution >= 0.6 is 15.9 Å². The summed E-state index contributed by atoms with van der Waals surface area (Å²) in [5.74, 6) is 1.61. The zero-order chi connectivity index (χ0) is 9.42. The third-order valence-electron chi connectivity index (χ3n) is 2.10. The van der Waals surface area contributed by atoms with Crippen molar-refractivity contribution in [1.29, 1.82) is 0 Å². The van der Waals surface area contributed by atoms with Gasteiger partial charge < -0.3 is 15.2 Å². The standard InChI is InChI=1S/C9H10BrNO2/c1-12-9-5(10)2-3-7-8(9)6(11)4-13-7/h2-3,6H,4,11H2,1H3. The van der Waals surface area contributed by atoms with Crippen molar-refractivity contribution < 1.29 is 9.47 Å². The van der Waals surface area contributed by atoms with Crippen molar-refractivity contribution in [1.82, 2.24) is 0 Å². The minimum atomic E-state index is -0.0811. The van der Waals surface area contributed by atoms with E-state index >= 15 is 0 Å². The van der Waals surface area contributed by atoms with Crippen LogP contribution in [0.25, 0.3) is 0 Å². The molecule has 70 valence electrons. The molecular formula is C9H10BrNO2. The largest absolute Gasteiger partial charge is 0.495 e. The first-order chi connectivity index (χ1) is 6.24. The molecule has 1 atom stereocenters. The Labute approximate surface area is 85.0 Å². The van der Waals surface area contributed by atoms with Crippen molar-refractivity contribution in [2.75, 3.05) is 13.7 Å². The number of hydrogen-bond donors (Lipinski definition) is 1. The molecule has 0 radical (unpaired) electrons. The van der Waals surface area contributed by atoms with Crippen LogP contribution in [0.1, 0.15) is 11.6 Å². The Balaban J connectivity index is 2.60. The lowest BCUT2D eigenvalue weighted by Crippen LogP contribution is -2.11. The first kappa shape index (κ1) is 8.84. The van der Waals surface area contributed by atoms with Gasteiger partial charge in [0.15, 0.2) is 0 Å². The van der Waals surface area contributed by atoms with Crippen LogP contribution in [0.3, 0.4) is 0 Å². The van der Waals surface area contributed by atoms with Gasteiger partial charge in [-0.2, -0.15) is 0 Å². The van der Waals surface area contributed by atoms with E-state index in [1.165, 1.54) is 0 Å². The molecule has 1 aliphatic heterocycles. The Bertz CT molecular complexity index is 341. The number of methoxy groups -OCH3 is 1. The normalized spacial score (nSPS) is 19.5. The summed E-state index contributed by atoms with van der Waals surface area (Å²) in [5.41, 5.74) is 6.82. The van der Waals surface area contributed by atoms with E-state index in [0.717, 1.165) is 21.5 Å². The Morgan fingerprint density at radius 3 is 3.08 bits per heavy atom. The lowest BCUT2D eigenvalue weighted by atomic mass is 10.1. The second-order valence-corrected chi connectivity index (χ2v) is 3.76. The number of ether oxygens (including phenoxy) is 2. The molecule has 1 aromatic rings. The van der Waals surface area contributed by atoms with Crippen LogP contribution < -0.4 is 15.2 Å². The van der Waals surface area contributed by atoms with Crippen LogP contribution in [0.15, 0.2) is 16.6 Å². The molecule has 1 unspecified atom stereocenters. The number of benzene rings is 1. The molecule has 3 nitrogen and oxygen atoms in total. The van der Waals surface area contributed by atoms with Gasteiger partial charge in [0.1, 0.15) is 18.1 Å². The van der Waals surface area contributed by atoms with Crippen LogP contribution in [0.4, 0.5) is 0 Å². The average Bonchev–Trinajstić information content (AvgIpc) is 2.49. The summed E-state index contributed by atoms with van der Waals surface area (Å²) in [4.78, 5) is 0. The molecule has 2 N–H and O–H groups in total. The fourth-order valence-corrected chi connectivity index (χ4v) is 2.01. The van der Waals surface area contributed by atoms with E-state index in [0.29, 0.717) is 6.61 Å². The second kappa shape index (κ2) is 3.20. The maximum absolute atomic E-state index is 5.87. The van der Waals surface area contributed by atoms with Crippen LogP contribution in [-0.2, 0) is 0 Å². The molecule has 0 aliphatic carbocycles. The topological polar surface area (TPSA) is 44.5 Å². The first-order valence-corrected chi connectivity index (χ1v) is 4.78. The molecule has 0 saturated heterocycles. The predicted octanol–water partition coefficient (Wildman–Crippen LogP) is 1.85. The molecule has 0 aromatic heterocycles. The third kappa shape index (κ3) is 1.30. The van der Waals surface area contributed by atoms with E-state index in [-0.39, 0.29) is 6.04 Å². The van der Waals surface area contributed by atoms with Crippen LogP contribution in [0, 0.1) is 0 Å². The van der Waals surface area contributed by atoms with Crippen molar-refractivity contribution in [3.05, 3.63) is 22.2 Å². The molecule has 0 fully saturated rings. The molecule has 13 heavy (non-hydrogen) atoms. The van der Waals surface area contributed by atoms with Gasteiger partial charge in [0.25, 0.3) is 0 Å². The van der Waals surface area contributed by atoms with E-state index in [2.05, 4.69) is 15.9 Å². The Morgan fingerprint density at radius 2 is 2.38 bits per heavy atom. The molecular weight excluding hydrogens is 234 g/mol. The zero-order valence-electron chi connectivity index (χ0n) is 7.21. The van der Waals surface area contributed by atoms with Gasteiger partial charge in [-0.1, -0.05) is 0 Å². The summed E-state index contributed by atoms with van der Waals surface area (Å²) >= 11 is 3.40. The first-order valence-electron chi connectivity index (χ1n) is 3.99. The van der Waals surface area contributed by atoms with Gasteiger partial charge in [-0.15, -0.1) is 0 Å². The lowest BCUT2D eigenvalue weighted by molar-refractivity contribution is 0.333. The highest BCUT2D eigenvalue weighted by Gasteiger charge is 2.26. The van der Waals surface area contributed by atoms with Gasteiger partial charge in [-0.25, -0.2) is 0 Å². The summed E-state index contributed by atoms with van der Waals surface area (Å²) in [6.07, 6.45) is 0. The fourth-order valence-electron chi connectivity index (χ4n) is 1.50. The Hall–Kier alpha value is -0.740. The maximum atomic E-state index is 5.87. The highest BCUT2D eigenvalue weighted by molar-refractivity contribution is 9.10. The van der Waals surface area contributed by atoms with Gasteiger partial charge in [0.2, 0.25) is 0 Å². The van der Waals surface area contributed by atoms with E-state index in [1.807, 2.05) is 12.1 Å². The predicted molar refractivity (Wildman–Crippen MR) is 53.1 cm³/mol. The number of halogens is 1. The minimum absolute atomic E-state index is 0.0811. The molecule has 1 aliphatic rings. The molecule has 1 aromatic carbocycles. The molecule has 2 rings (SSSR count). The highest BCUT2D eigenvalue weighted by Crippen LogP contribution is 2.42. The summed E-state index contributed by atoms with van der Waals surface area (Å²) in [6.45, 7) is 0.530. The van der Waals surface area contributed by atoms with E-state index < -0.39 is 0 Å². The monoisotopic (exact) mass is 243 g/mol. The third-order valence-corrected chi connectivity index (χ3v) is 2.73. The number of nitrogens with two attached hydrogens (primary N) is 1. The van der Waals surface area contributed by atoms with Gasteiger partial charge in [0.05, 0.1) is 23.2 Å². The molecule has 0 spiro atoms. The van der Waals surface area contributed by atoms with Crippen molar-refractivity contribution in [3.8, 4) is 11.5 Å². The highest BCUT2D eigenvalue weighted by atomic mass is 79.9. The summed E-state index contributed by atoms with van der Waals surface area (Å²) in [5, 5.41) is 0. The van der Waals surface area contributed by atoms with Crippen molar-refractivity contribution in [3.63, 3.8) is 0 Å². The summed E-state index contributed by atoms with van der Waals surface area (Å²) in [7, 11) is 1.63. The van der Waals surface area contributed by atoms with Gasteiger partial charge in [0, 0.05) is 0 Å². The average molecular weight is 244 g/mol. The van der Waals surface area contributed by atoms with Crippen molar-refractivity contribution in [2.45, 2.75) is 6.04 Å². The smallest absolute Gasteiger partial charge is 0.141 e. The zero-order valence-corrected chi connectivity index (χ0v) is 8.80. The van der Waals surface area contributed by atoms with Gasteiger partial charge in [-0.3, -0.25) is 0 Å². The number of hydrogen-bond acceptors (Lipinski definition) is 3. The van der Waals surface area contributed by atoms with E-state index in [4.69, 9.17) is 15.2 Å². The minimum Gasteiger partial charge on any atom is -0.495 e. The van der Waals surface area contributed by atoms with Crippen LogP contribution in [0.5, 0.6) is 11.5 Å². The van der Waals surface area contributed by atoms with E-state index in [1.54, 1.807) is 7.11 Å². The fraction of sp³-hybridized carbons (Fsp3) is 0.333. The van der Waals surface area contributed by atoms with Crippen molar-refractivity contribution in [2.24, 2.45) is 5.73 Å². The number of rotatable bonds is 1. The van der Waals surface area contributed by atoms with Crippen molar-refractivity contribution >= 4 is 15.9 Å². The maximum Gasteiger partial charge on any atom is 0.141 e. The number of fused-ring (bicyclic) bond motifs is 1. The van der Waals surface area contributed by atoms with E-state index in [9.17, 15) is 0 Å². The SMILES string of the molecule is COc1c(Br)ccc2c1C(N)CO2. The van der Waals surface area contributed by atoms with Crippen LogP contribution in [-0.4, -0.2) is 13.7 Å².